The molecule has 0 unspecified atom stereocenters. The fourth-order valence-corrected chi connectivity index (χ4v) is 3.27. The lowest BCUT2D eigenvalue weighted by atomic mass is 10.2. The molecule has 2 aromatic heterocycles. The van der Waals surface area contributed by atoms with Gasteiger partial charge < -0.3 is 19.5 Å². The number of hydrogen-bond acceptors (Lipinski definition) is 7. The van der Waals surface area contributed by atoms with E-state index in [1.165, 1.54) is 11.3 Å². The monoisotopic (exact) mass is 341 g/mol. The number of pyridine rings is 1. The van der Waals surface area contributed by atoms with Crippen LogP contribution in [0.15, 0.2) is 29.8 Å². The summed E-state index contributed by atoms with van der Waals surface area (Å²) in [5.41, 5.74) is 2.75. The molecule has 0 aliphatic rings. The number of rotatable bonds is 5. The smallest absolute Gasteiger partial charge is 0.203 e. The summed E-state index contributed by atoms with van der Waals surface area (Å²) in [5.74, 6) is 1.59. The Bertz CT molecular complexity index is 905. The predicted molar refractivity (Wildman–Crippen MR) is 93.7 cm³/mol. The van der Waals surface area contributed by atoms with Crippen LogP contribution in [0.1, 0.15) is 5.56 Å². The van der Waals surface area contributed by atoms with Crippen LogP contribution in [0, 0.1) is 11.3 Å². The molecule has 0 aliphatic heterocycles. The van der Waals surface area contributed by atoms with E-state index in [2.05, 4.69) is 16.4 Å². The fraction of sp³-hybridized carbons (Fsp3) is 0.176. The van der Waals surface area contributed by atoms with Crippen molar-refractivity contribution in [1.29, 1.82) is 5.26 Å². The van der Waals surface area contributed by atoms with Crippen molar-refractivity contribution in [2.75, 3.05) is 26.6 Å². The molecule has 0 fully saturated rings. The number of hydrogen-bond donors (Lipinski definition) is 1. The zero-order valence-corrected chi connectivity index (χ0v) is 14.2. The summed E-state index contributed by atoms with van der Waals surface area (Å²) in [4.78, 5) is 4.29. The van der Waals surface area contributed by atoms with Crippen LogP contribution in [0.5, 0.6) is 17.2 Å². The highest BCUT2D eigenvalue weighted by Crippen LogP contribution is 2.41. The summed E-state index contributed by atoms with van der Waals surface area (Å²) >= 11 is 1.53. The van der Waals surface area contributed by atoms with Crippen LogP contribution >= 0.6 is 11.3 Å². The summed E-state index contributed by atoms with van der Waals surface area (Å²) in [7, 11) is 4.68. The van der Waals surface area contributed by atoms with Crippen molar-refractivity contribution >= 4 is 32.9 Å². The van der Waals surface area contributed by atoms with Crippen molar-refractivity contribution in [2.45, 2.75) is 0 Å². The second kappa shape index (κ2) is 6.64. The molecule has 0 radical (unpaired) electrons. The molecule has 6 nitrogen and oxygen atoms in total. The Labute approximate surface area is 143 Å². The molecule has 2 heterocycles. The third-order valence-corrected chi connectivity index (χ3v) is 4.45. The van der Waals surface area contributed by atoms with Gasteiger partial charge in [0.05, 0.1) is 42.8 Å². The molecule has 1 aromatic carbocycles. The predicted octanol–water partition coefficient (Wildman–Crippen LogP) is 3.94. The Morgan fingerprint density at radius 2 is 1.83 bits per heavy atom. The molecule has 3 aromatic rings. The van der Waals surface area contributed by atoms with Crippen LogP contribution in [0.2, 0.25) is 0 Å². The van der Waals surface area contributed by atoms with E-state index < -0.39 is 0 Å². The highest BCUT2D eigenvalue weighted by atomic mass is 32.1. The van der Waals surface area contributed by atoms with Crippen molar-refractivity contribution in [2.24, 2.45) is 0 Å². The minimum Gasteiger partial charge on any atom is -0.493 e. The lowest BCUT2D eigenvalue weighted by molar-refractivity contribution is 0.324. The van der Waals surface area contributed by atoms with E-state index in [-0.39, 0.29) is 0 Å². The average Bonchev–Trinajstić information content (AvgIpc) is 3.10. The summed E-state index contributed by atoms with van der Waals surface area (Å²) < 4.78 is 17.0. The Morgan fingerprint density at radius 3 is 2.42 bits per heavy atom. The van der Waals surface area contributed by atoms with Crippen LogP contribution < -0.4 is 19.5 Å². The lowest BCUT2D eigenvalue weighted by Crippen LogP contribution is -1.99. The number of nitrogens with one attached hydrogen (secondary N) is 1. The van der Waals surface area contributed by atoms with Gasteiger partial charge in [-0.1, -0.05) is 0 Å². The molecular formula is C17H15N3O3S. The molecule has 0 atom stereocenters. The van der Waals surface area contributed by atoms with Crippen molar-refractivity contribution in [3.63, 3.8) is 0 Å². The first-order chi connectivity index (χ1) is 11.7. The van der Waals surface area contributed by atoms with Gasteiger partial charge in [-0.3, -0.25) is 4.98 Å². The Morgan fingerprint density at radius 1 is 1.12 bits per heavy atom. The highest BCUT2D eigenvalue weighted by molar-refractivity contribution is 7.17. The fourth-order valence-electron chi connectivity index (χ4n) is 2.42. The lowest BCUT2D eigenvalue weighted by Gasteiger charge is -2.15. The zero-order valence-electron chi connectivity index (χ0n) is 13.4. The molecule has 0 saturated heterocycles. The largest absolute Gasteiger partial charge is 0.493 e. The van der Waals surface area contributed by atoms with Crippen molar-refractivity contribution in [3.05, 3.63) is 35.3 Å². The number of aromatic nitrogens is 1. The van der Waals surface area contributed by atoms with Crippen LogP contribution in [0.3, 0.4) is 0 Å². The summed E-state index contributed by atoms with van der Waals surface area (Å²) in [5, 5.41) is 14.6. The van der Waals surface area contributed by atoms with Gasteiger partial charge in [0.1, 0.15) is 6.07 Å². The Hall–Kier alpha value is -2.98. The second-order valence-electron chi connectivity index (χ2n) is 4.83. The van der Waals surface area contributed by atoms with Gasteiger partial charge in [0.25, 0.3) is 0 Å². The minimum absolute atomic E-state index is 0.471. The number of ether oxygens (including phenoxy) is 3. The van der Waals surface area contributed by atoms with Gasteiger partial charge >= 0.3 is 0 Å². The van der Waals surface area contributed by atoms with E-state index in [9.17, 15) is 5.26 Å². The van der Waals surface area contributed by atoms with Gasteiger partial charge in [-0.05, 0) is 11.4 Å². The molecule has 7 heteroatoms. The van der Waals surface area contributed by atoms with E-state index in [0.29, 0.717) is 28.5 Å². The Balaban J connectivity index is 2.12. The molecular weight excluding hydrogens is 326 g/mol. The van der Waals surface area contributed by atoms with Gasteiger partial charge in [0.15, 0.2) is 11.5 Å². The van der Waals surface area contributed by atoms with Gasteiger partial charge in [-0.25, -0.2) is 0 Å². The number of benzene rings is 1. The number of thiophene rings is 1. The molecule has 3 rings (SSSR count). The number of nitrogens with zero attached hydrogens (tertiary/aromatic N) is 2. The van der Waals surface area contributed by atoms with Crippen molar-refractivity contribution in [3.8, 4) is 23.3 Å². The Kier molecular flexibility index (Phi) is 4.40. The third-order valence-electron chi connectivity index (χ3n) is 3.53. The SMILES string of the molecule is COc1cc(Nc2c(C#N)cnc3ccsc23)cc(OC)c1OC. The van der Waals surface area contributed by atoms with Crippen LogP contribution in [-0.4, -0.2) is 26.3 Å². The molecule has 0 amide bonds. The van der Waals surface area contributed by atoms with E-state index in [0.717, 1.165) is 15.9 Å². The summed E-state index contributed by atoms with van der Waals surface area (Å²) in [6.45, 7) is 0. The zero-order chi connectivity index (χ0) is 17.1. The van der Waals surface area contributed by atoms with Crippen LogP contribution in [-0.2, 0) is 0 Å². The molecule has 0 aliphatic carbocycles. The standard InChI is InChI=1S/C17H15N3O3S/c1-21-13-6-11(7-14(22-2)16(13)23-3)20-15-10(8-18)9-19-12-4-5-24-17(12)15/h4-7,9H,1-3H3,(H,19,20). The van der Waals surface area contributed by atoms with Crippen LogP contribution in [0.25, 0.3) is 10.2 Å². The minimum atomic E-state index is 0.471. The normalized spacial score (nSPS) is 10.2. The summed E-state index contributed by atoms with van der Waals surface area (Å²) in [6, 6.07) is 7.68. The molecule has 24 heavy (non-hydrogen) atoms. The molecule has 122 valence electrons. The molecule has 0 saturated carbocycles. The van der Waals surface area contributed by atoms with Gasteiger partial charge in [-0.15, -0.1) is 11.3 Å². The van der Waals surface area contributed by atoms with E-state index >= 15 is 0 Å². The molecule has 0 bridgehead atoms. The topological polar surface area (TPSA) is 76.4 Å². The molecule has 0 spiro atoms. The first kappa shape index (κ1) is 15.9. The quantitative estimate of drug-likeness (QED) is 0.757. The van der Waals surface area contributed by atoms with E-state index in [1.807, 2.05) is 11.4 Å². The van der Waals surface area contributed by atoms with E-state index in [4.69, 9.17) is 14.2 Å². The number of fused-ring (bicyclic) bond motifs is 1. The average molecular weight is 341 g/mol. The first-order valence-corrected chi connectivity index (χ1v) is 7.93. The van der Waals surface area contributed by atoms with E-state index in [1.54, 1.807) is 39.7 Å². The van der Waals surface area contributed by atoms with Crippen LogP contribution in [0.4, 0.5) is 11.4 Å². The first-order valence-electron chi connectivity index (χ1n) is 7.05. The maximum Gasteiger partial charge on any atom is 0.203 e. The maximum atomic E-state index is 9.38. The second-order valence-corrected chi connectivity index (χ2v) is 5.75. The van der Waals surface area contributed by atoms with Gasteiger partial charge in [0, 0.05) is 24.0 Å². The summed E-state index contributed by atoms with van der Waals surface area (Å²) in [6.07, 6.45) is 1.56. The highest BCUT2D eigenvalue weighted by Gasteiger charge is 2.16. The number of nitriles is 1. The third kappa shape index (κ3) is 2.68. The molecule has 1 N–H and O–H groups in total. The maximum absolute atomic E-state index is 9.38. The van der Waals surface area contributed by atoms with Gasteiger partial charge in [0.2, 0.25) is 5.75 Å². The number of methoxy groups -OCH3 is 3. The van der Waals surface area contributed by atoms with Gasteiger partial charge in [-0.2, -0.15) is 5.26 Å². The van der Waals surface area contributed by atoms with Crippen molar-refractivity contribution < 1.29 is 14.2 Å². The van der Waals surface area contributed by atoms with Crippen molar-refractivity contribution in [1.82, 2.24) is 4.98 Å². The number of anilines is 2.